The maximum atomic E-state index is 9.04. The lowest BCUT2D eigenvalue weighted by molar-refractivity contribution is 0.211. The summed E-state index contributed by atoms with van der Waals surface area (Å²) in [5.74, 6) is 2.73. The lowest BCUT2D eigenvalue weighted by Gasteiger charge is -2.32. The fourth-order valence-electron chi connectivity index (χ4n) is 6.33. The van der Waals surface area contributed by atoms with Gasteiger partial charge in [0.05, 0.1) is 11.4 Å². The molecule has 1 aliphatic heterocycles. The third-order valence-corrected chi connectivity index (χ3v) is 8.48. The molecule has 0 unspecified atom stereocenters. The summed E-state index contributed by atoms with van der Waals surface area (Å²) >= 11 is 0. The van der Waals surface area contributed by atoms with Crippen molar-refractivity contribution in [1.82, 2.24) is 24.4 Å². The lowest BCUT2D eigenvalue weighted by Crippen LogP contribution is -2.38. The van der Waals surface area contributed by atoms with Crippen molar-refractivity contribution in [3.05, 3.63) is 84.1 Å². The van der Waals surface area contributed by atoms with E-state index in [2.05, 4.69) is 86.4 Å². The molecule has 0 atom stereocenters. The highest BCUT2D eigenvalue weighted by molar-refractivity contribution is 5.79. The molecule has 0 amide bonds. The molecule has 3 heterocycles. The number of nitrogens with one attached hydrogen (secondary N) is 1. The highest BCUT2D eigenvalue weighted by Gasteiger charge is 2.25. The molecule has 204 valence electrons. The molecule has 40 heavy (non-hydrogen) atoms. The minimum absolute atomic E-state index is 0.206. The summed E-state index contributed by atoms with van der Waals surface area (Å²) in [5, 5.41) is 12.5. The normalized spacial score (nSPS) is 17.0. The van der Waals surface area contributed by atoms with Crippen molar-refractivity contribution in [3.8, 4) is 28.6 Å². The third kappa shape index (κ3) is 5.78. The molecule has 0 radical (unpaired) electrons. The summed E-state index contributed by atoms with van der Waals surface area (Å²) in [7, 11) is 2.20. The molecule has 1 saturated carbocycles. The van der Waals surface area contributed by atoms with Crippen LogP contribution in [-0.2, 0) is 13.6 Å². The van der Waals surface area contributed by atoms with Gasteiger partial charge in [0.15, 0.2) is 0 Å². The number of hydrogen-bond acceptors (Lipinski definition) is 6. The van der Waals surface area contributed by atoms with Crippen LogP contribution in [0.4, 0.5) is 5.82 Å². The quantitative estimate of drug-likeness (QED) is 0.292. The van der Waals surface area contributed by atoms with E-state index in [-0.39, 0.29) is 5.82 Å². The summed E-state index contributed by atoms with van der Waals surface area (Å²) < 4.78 is 2.36. The number of anilines is 1. The van der Waals surface area contributed by atoms with E-state index in [0.717, 1.165) is 44.0 Å². The van der Waals surface area contributed by atoms with Gasteiger partial charge in [-0.3, -0.25) is 4.90 Å². The van der Waals surface area contributed by atoms with E-state index in [1.165, 1.54) is 60.3 Å². The van der Waals surface area contributed by atoms with Gasteiger partial charge < -0.3 is 9.88 Å². The molecule has 1 saturated heterocycles. The lowest BCUT2D eigenvalue weighted by atomic mass is 9.88. The van der Waals surface area contributed by atoms with Crippen molar-refractivity contribution in [2.45, 2.75) is 63.5 Å². The van der Waals surface area contributed by atoms with Crippen LogP contribution in [0.2, 0.25) is 0 Å². The highest BCUT2D eigenvalue weighted by Crippen LogP contribution is 2.38. The molecular weight excluding hydrogens is 494 g/mol. The number of nitriles is 1. The molecule has 1 N–H and O–H groups in total. The predicted octanol–water partition coefficient (Wildman–Crippen LogP) is 6.54. The smallest absolute Gasteiger partial charge is 0.234 e. The summed E-state index contributed by atoms with van der Waals surface area (Å²) in [6.45, 7) is 3.00. The van der Waals surface area contributed by atoms with Crippen LogP contribution in [0.5, 0.6) is 0 Å². The van der Waals surface area contributed by atoms with E-state index in [1.54, 1.807) is 6.20 Å². The zero-order valence-electron chi connectivity index (χ0n) is 23.3. The van der Waals surface area contributed by atoms with Crippen LogP contribution < -0.4 is 5.32 Å². The van der Waals surface area contributed by atoms with E-state index in [9.17, 15) is 0 Å². The number of aromatic nitrogens is 4. The Balaban J connectivity index is 1.14. The summed E-state index contributed by atoms with van der Waals surface area (Å²) in [5.41, 5.74) is 6.05. The molecular formula is C33H37N7. The predicted molar refractivity (Wildman–Crippen MR) is 159 cm³/mol. The minimum atomic E-state index is 0.206. The second-order valence-electron chi connectivity index (χ2n) is 11.2. The molecule has 4 aromatic rings. The molecule has 7 heteroatoms. The van der Waals surface area contributed by atoms with Gasteiger partial charge in [-0.05, 0) is 37.3 Å². The first-order chi connectivity index (χ1) is 19.7. The molecule has 2 fully saturated rings. The Kier molecular flexibility index (Phi) is 7.87. The van der Waals surface area contributed by atoms with E-state index in [0.29, 0.717) is 12.0 Å². The Hall–Kier alpha value is -4.02. The number of nitrogens with zero attached hydrogens (tertiary/aromatic N) is 6. The number of imidazole rings is 1. The van der Waals surface area contributed by atoms with E-state index in [4.69, 9.17) is 10.2 Å². The van der Waals surface area contributed by atoms with Crippen LogP contribution in [0.25, 0.3) is 22.5 Å². The maximum Gasteiger partial charge on any atom is 0.234 e. The van der Waals surface area contributed by atoms with E-state index >= 15 is 0 Å². The van der Waals surface area contributed by atoms with Crippen LogP contribution in [0.15, 0.2) is 66.9 Å². The van der Waals surface area contributed by atoms with Crippen molar-refractivity contribution < 1.29 is 0 Å². The van der Waals surface area contributed by atoms with Crippen LogP contribution >= 0.6 is 0 Å². The number of likely N-dealkylation sites (tertiary alicyclic amines) is 1. The number of piperidine rings is 1. The van der Waals surface area contributed by atoms with Gasteiger partial charge in [0.2, 0.25) is 5.82 Å². The minimum Gasteiger partial charge on any atom is -0.367 e. The van der Waals surface area contributed by atoms with Gasteiger partial charge in [-0.15, -0.1) is 0 Å². The van der Waals surface area contributed by atoms with Crippen LogP contribution in [0.3, 0.4) is 0 Å². The molecule has 7 nitrogen and oxygen atoms in total. The van der Waals surface area contributed by atoms with Crippen LogP contribution in [0, 0.1) is 11.3 Å². The van der Waals surface area contributed by atoms with Crippen LogP contribution in [0.1, 0.15) is 68.1 Å². The Morgan fingerprint density at radius 2 is 1.62 bits per heavy atom. The summed E-state index contributed by atoms with van der Waals surface area (Å²) in [4.78, 5) is 16.0. The molecule has 2 aromatic heterocycles. The standard InChI is InChI=1S/C33H37N7/c1-39-32(26-8-4-2-5-9-26)31(38-33(39)27-10-6-3-7-11-27)25-14-12-24(13-15-25)23-40-20-17-28(18-21-40)36-29-16-19-35-30(22-34)37-29/h2,4-5,8-9,12-16,19,27-28H,3,6-7,10-11,17-18,20-21,23H2,1H3,(H,35,36,37). The molecule has 2 aliphatic rings. The van der Waals surface area contributed by atoms with E-state index < -0.39 is 0 Å². The van der Waals surface area contributed by atoms with Crippen molar-refractivity contribution in [3.63, 3.8) is 0 Å². The molecule has 0 bridgehead atoms. The van der Waals surface area contributed by atoms with Gasteiger partial charge in [-0.2, -0.15) is 5.26 Å². The van der Waals surface area contributed by atoms with Gasteiger partial charge in [0.1, 0.15) is 17.7 Å². The number of rotatable bonds is 7. The molecule has 0 spiro atoms. The first kappa shape index (κ1) is 26.2. The van der Waals surface area contributed by atoms with Gasteiger partial charge in [0, 0.05) is 56.0 Å². The molecule has 2 aromatic carbocycles. The van der Waals surface area contributed by atoms with Gasteiger partial charge in [-0.25, -0.2) is 15.0 Å². The Labute approximate surface area is 236 Å². The van der Waals surface area contributed by atoms with Gasteiger partial charge >= 0.3 is 0 Å². The zero-order chi connectivity index (χ0) is 27.3. The monoisotopic (exact) mass is 531 g/mol. The van der Waals surface area contributed by atoms with Crippen molar-refractivity contribution >= 4 is 5.82 Å². The number of hydrogen-bond donors (Lipinski definition) is 1. The summed E-state index contributed by atoms with van der Waals surface area (Å²) in [6.07, 6.45) is 10.2. The first-order valence-corrected chi connectivity index (χ1v) is 14.6. The SMILES string of the molecule is Cn1c(C2CCCCC2)nc(-c2ccc(CN3CCC(Nc4ccnc(C#N)n4)CC3)cc2)c1-c1ccccc1. The van der Waals surface area contributed by atoms with Crippen molar-refractivity contribution in [1.29, 1.82) is 5.26 Å². The molecule has 1 aliphatic carbocycles. The topological polar surface area (TPSA) is 82.7 Å². The Morgan fingerprint density at radius 1 is 0.875 bits per heavy atom. The maximum absolute atomic E-state index is 9.04. The Morgan fingerprint density at radius 3 is 2.35 bits per heavy atom. The van der Waals surface area contributed by atoms with Gasteiger partial charge in [0.25, 0.3) is 0 Å². The van der Waals surface area contributed by atoms with Crippen LogP contribution in [-0.4, -0.2) is 43.6 Å². The zero-order valence-corrected chi connectivity index (χ0v) is 23.3. The largest absolute Gasteiger partial charge is 0.367 e. The van der Waals surface area contributed by atoms with Crippen molar-refractivity contribution in [2.75, 3.05) is 18.4 Å². The van der Waals surface area contributed by atoms with Crippen molar-refractivity contribution in [2.24, 2.45) is 7.05 Å². The molecule has 6 rings (SSSR count). The highest BCUT2D eigenvalue weighted by atomic mass is 15.1. The second-order valence-corrected chi connectivity index (χ2v) is 11.2. The van der Waals surface area contributed by atoms with E-state index in [1.807, 2.05) is 12.1 Å². The fourth-order valence-corrected chi connectivity index (χ4v) is 6.33. The van der Waals surface area contributed by atoms with Gasteiger partial charge in [-0.1, -0.05) is 73.9 Å². The third-order valence-electron chi connectivity index (χ3n) is 8.48. The average Bonchev–Trinajstić information content (AvgIpc) is 3.36. The second kappa shape index (κ2) is 12.0. The fraction of sp³-hybridized carbons (Fsp3) is 0.394. The Bertz CT molecular complexity index is 1460. The summed E-state index contributed by atoms with van der Waals surface area (Å²) in [6, 6.07) is 24.0. The number of benzene rings is 2. The first-order valence-electron chi connectivity index (χ1n) is 14.6. The average molecular weight is 532 g/mol.